The van der Waals surface area contributed by atoms with Gasteiger partial charge >= 0.3 is 0 Å². The molecule has 0 radical (unpaired) electrons. The molecule has 1 aromatic carbocycles. The molecule has 1 aromatic rings. The van der Waals surface area contributed by atoms with Crippen molar-refractivity contribution in [3.8, 4) is 0 Å². The number of hydrogen-bond donors (Lipinski definition) is 0. The van der Waals surface area contributed by atoms with Crippen LogP contribution in [0.5, 0.6) is 0 Å². The van der Waals surface area contributed by atoms with Gasteiger partial charge in [0.25, 0.3) is 5.69 Å². The van der Waals surface area contributed by atoms with E-state index in [1.807, 2.05) is 17.0 Å². The van der Waals surface area contributed by atoms with Crippen LogP contribution in [0.2, 0.25) is 0 Å². The molecule has 2 saturated heterocycles. The van der Waals surface area contributed by atoms with E-state index < -0.39 is 0 Å². The van der Waals surface area contributed by atoms with Crippen LogP contribution in [0, 0.1) is 10.1 Å². The van der Waals surface area contributed by atoms with Gasteiger partial charge in [-0.3, -0.25) is 19.8 Å². The number of nitro groups is 1. The number of rotatable bonds is 5. The average molecular weight is 346 g/mol. The van der Waals surface area contributed by atoms with Crippen molar-refractivity contribution in [1.29, 1.82) is 0 Å². The monoisotopic (exact) mass is 346 g/mol. The van der Waals surface area contributed by atoms with Crippen LogP contribution in [0.25, 0.3) is 0 Å². The molecule has 2 fully saturated rings. The molecule has 0 N–H and O–H groups in total. The van der Waals surface area contributed by atoms with Crippen molar-refractivity contribution in [2.24, 2.45) is 0 Å². The third kappa shape index (κ3) is 4.48. The molecule has 0 spiro atoms. The summed E-state index contributed by atoms with van der Waals surface area (Å²) >= 11 is 0. The second-order valence-corrected chi connectivity index (χ2v) is 6.77. The first kappa shape index (κ1) is 17.7. The van der Waals surface area contributed by atoms with Gasteiger partial charge in [-0.05, 0) is 25.3 Å². The van der Waals surface area contributed by atoms with Gasteiger partial charge in [-0.1, -0.05) is 12.1 Å². The number of carbonyl (C=O) groups is 1. The Balaban J connectivity index is 1.47. The summed E-state index contributed by atoms with van der Waals surface area (Å²) < 4.78 is 0. The zero-order chi connectivity index (χ0) is 17.6. The number of piperazine rings is 1. The molecule has 136 valence electrons. The Morgan fingerprint density at radius 3 is 2.36 bits per heavy atom. The molecule has 2 heterocycles. The lowest BCUT2D eigenvalue weighted by Crippen LogP contribution is -2.47. The molecule has 0 bridgehead atoms. The van der Waals surface area contributed by atoms with Crippen LogP contribution in [0.15, 0.2) is 24.3 Å². The second-order valence-electron chi connectivity index (χ2n) is 6.77. The molecular weight excluding hydrogens is 320 g/mol. The first-order valence-electron chi connectivity index (χ1n) is 9.13. The van der Waals surface area contributed by atoms with Gasteiger partial charge in [0.1, 0.15) is 5.69 Å². The fourth-order valence-electron chi connectivity index (χ4n) is 3.65. The maximum Gasteiger partial charge on any atom is 0.292 e. The summed E-state index contributed by atoms with van der Waals surface area (Å²) in [5.74, 6) is 0.265. The van der Waals surface area contributed by atoms with Gasteiger partial charge in [-0.15, -0.1) is 0 Å². The number of anilines is 1. The van der Waals surface area contributed by atoms with E-state index in [2.05, 4.69) is 9.80 Å². The minimum atomic E-state index is -0.320. The van der Waals surface area contributed by atoms with E-state index in [-0.39, 0.29) is 16.5 Å². The normalized spacial score (nSPS) is 19.0. The highest BCUT2D eigenvalue weighted by atomic mass is 16.6. The predicted molar refractivity (Wildman–Crippen MR) is 96.8 cm³/mol. The number of hydrogen-bond acceptors (Lipinski definition) is 5. The summed E-state index contributed by atoms with van der Waals surface area (Å²) in [6, 6.07) is 6.91. The van der Waals surface area contributed by atoms with E-state index in [9.17, 15) is 14.9 Å². The fraction of sp³-hybridized carbons (Fsp3) is 0.611. The number of carbonyl (C=O) groups excluding carboxylic acids is 1. The Morgan fingerprint density at radius 1 is 1.00 bits per heavy atom. The number of para-hydroxylation sites is 2. The molecule has 7 nitrogen and oxygen atoms in total. The van der Waals surface area contributed by atoms with E-state index in [0.717, 1.165) is 58.7 Å². The van der Waals surface area contributed by atoms with Crippen LogP contribution in [0.3, 0.4) is 0 Å². The quantitative estimate of drug-likeness (QED) is 0.603. The van der Waals surface area contributed by atoms with Crippen LogP contribution < -0.4 is 4.90 Å². The molecular formula is C18H26N4O3. The molecule has 1 amide bonds. The predicted octanol–water partition coefficient (Wildman–Crippen LogP) is 2.12. The van der Waals surface area contributed by atoms with Crippen LogP contribution in [-0.4, -0.2) is 66.4 Å². The van der Waals surface area contributed by atoms with Crippen molar-refractivity contribution >= 4 is 17.3 Å². The third-order valence-electron chi connectivity index (χ3n) is 5.14. The summed E-state index contributed by atoms with van der Waals surface area (Å²) in [7, 11) is 0. The smallest absolute Gasteiger partial charge is 0.292 e. The van der Waals surface area contributed by atoms with Gasteiger partial charge in [-0.2, -0.15) is 0 Å². The van der Waals surface area contributed by atoms with E-state index >= 15 is 0 Å². The van der Waals surface area contributed by atoms with Crippen molar-refractivity contribution in [3.05, 3.63) is 34.4 Å². The van der Waals surface area contributed by atoms with Crippen LogP contribution in [0.4, 0.5) is 11.4 Å². The molecule has 2 aliphatic rings. The number of nitrogens with zero attached hydrogens (tertiary/aromatic N) is 4. The van der Waals surface area contributed by atoms with Gasteiger partial charge in [0.2, 0.25) is 5.91 Å². The lowest BCUT2D eigenvalue weighted by atomic mass is 10.1. The first-order chi connectivity index (χ1) is 12.1. The zero-order valence-electron chi connectivity index (χ0n) is 14.6. The standard InChI is InChI=1S/C18H26N4O3/c23-18(21-9-4-1-5-10-21)8-11-19-12-14-20(15-13-19)16-6-2-3-7-17(16)22(24)25/h2-3,6-7H,1,4-5,8-15H2. The van der Waals surface area contributed by atoms with Crippen molar-refractivity contribution in [2.75, 3.05) is 50.7 Å². The Hall–Kier alpha value is -2.15. The maximum atomic E-state index is 12.3. The first-order valence-corrected chi connectivity index (χ1v) is 9.13. The number of piperidine rings is 1. The Labute approximate surface area is 148 Å². The molecule has 0 aliphatic carbocycles. The largest absolute Gasteiger partial charge is 0.363 e. The van der Waals surface area contributed by atoms with Crippen LogP contribution in [-0.2, 0) is 4.79 Å². The Kier molecular flexibility index (Phi) is 5.86. The zero-order valence-corrected chi connectivity index (χ0v) is 14.6. The molecule has 7 heteroatoms. The highest BCUT2D eigenvalue weighted by Gasteiger charge is 2.24. The summed E-state index contributed by atoms with van der Waals surface area (Å²) in [6.45, 7) is 5.76. The van der Waals surface area contributed by atoms with Crippen LogP contribution >= 0.6 is 0 Å². The second kappa shape index (κ2) is 8.29. The summed E-state index contributed by atoms with van der Waals surface area (Å²) in [5.41, 5.74) is 0.854. The van der Waals surface area contributed by atoms with Crippen molar-refractivity contribution in [2.45, 2.75) is 25.7 Å². The number of benzene rings is 1. The van der Waals surface area contributed by atoms with Crippen molar-refractivity contribution < 1.29 is 9.72 Å². The Bertz CT molecular complexity index is 608. The molecule has 0 unspecified atom stereocenters. The van der Waals surface area contributed by atoms with Gasteiger partial charge in [-0.25, -0.2) is 0 Å². The van der Waals surface area contributed by atoms with Gasteiger partial charge < -0.3 is 9.80 Å². The average Bonchev–Trinajstić information content (AvgIpc) is 2.67. The number of nitro benzene ring substituents is 1. The van der Waals surface area contributed by atoms with Gasteiger partial charge in [0, 0.05) is 58.3 Å². The van der Waals surface area contributed by atoms with E-state index in [1.165, 1.54) is 6.42 Å². The topological polar surface area (TPSA) is 69.9 Å². The highest BCUT2D eigenvalue weighted by molar-refractivity contribution is 5.76. The molecule has 25 heavy (non-hydrogen) atoms. The van der Waals surface area contributed by atoms with Gasteiger partial charge in [0.05, 0.1) is 4.92 Å². The maximum absolute atomic E-state index is 12.3. The third-order valence-corrected chi connectivity index (χ3v) is 5.14. The molecule has 0 aromatic heterocycles. The van der Waals surface area contributed by atoms with E-state index in [0.29, 0.717) is 12.1 Å². The van der Waals surface area contributed by atoms with Crippen LogP contribution in [0.1, 0.15) is 25.7 Å². The van der Waals surface area contributed by atoms with Crippen molar-refractivity contribution in [1.82, 2.24) is 9.80 Å². The molecule has 3 rings (SSSR count). The summed E-state index contributed by atoms with van der Waals surface area (Å²) in [5, 5.41) is 11.2. The molecule has 0 atom stereocenters. The van der Waals surface area contributed by atoms with E-state index in [4.69, 9.17) is 0 Å². The summed E-state index contributed by atoms with van der Waals surface area (Å²) in [6.07, 6.45) is 4.06. The number of amides is 1. The molecule has 2 aliphatic heterocycles. The van der Waals surface area contributed by atoms with Crippen molar-refractivity contribution in [3.63, 3.8) is 0 Å². The molecule has 0 saturated carbocycles. The lowest BCUT2D eigenvalue weighted by Gasteiger charge is -2.36. The lowest BCUT2D eigenvalue weighted by molar-refractivity contribution is -0.384. The summed E-state index contributed by atoms with van der Waals surface area (Å²) in [4.78, 5) is 29.5. The fourth-order valence-corrected chi connectivity index (χ4v) is 3.65. The minimum Gasteiger partial charge on any atom is -0.363 e. The van der Waals surface area contributed by atoms with Gasteiger partial charge in [0.15, 0.2) is 0 Å². The van der Waals surface area contributed by atoms with E-state index in [1.54, 1.807) is 12.1 Å². The highest BCUT2D eigenvalue weighted by Crippen LogP contribution is 2.28. The Morgan fingerprint density at radius 2 is 1.68 bits per heavy atom. The minimum absolute atomic E-state index is 0.163. The number of likely N-dealkylation sites (tertiary alicyclic amines) is 1. The SMILES string of the molecule is O=C(CCN1CCN(c2ccccc2[N+](=O)[O-])CC1)N1CCCCC1.